The molecule has 1 heterocycles. The van der Waals surface area contributed by atoms with Crippen molar-refractivity contribution in [1.82, 2.24) is 4.98 Å². The Balaban J connectivity index is 3.33. The van der Waals surface area contributed by atoms with Gasteiger partial charge >= 0.3 is 5.69 Å². The highest BCUT2D eigenvalue weighted by Crippen LogP contribution is 2.27. The Morgan fingerprint density at radius 1 is 1.69 bits per heavy atom. The largest absolute Gasteiger partial charge is 0.367 e. The van der Waals surface area contributed by atoms with Gasteiger partial charge in [0.15, 0.2) is 0 Å². The molecule has 0 aliphatic carbocycles. The van der Waals surface area contributed by atoms with E-state index >= 15 is 0 Å². The van der Waals surface area contributed by atoms with Crippen LogP contribution in [0.4, 0.5) is 11.5 Å². The fraction of sp³-hybridized carbons (Fsp3) is 0.286. The van der Waals surface area contributed by atoms with Crippen molar-refractivity contribution in [1.29, 1.82) is 0 Å². The van der Waals surface area contributed by atoms with Crippen LogP contribution in [0.1, 0.15) is 5.69 Å². The normalized spacial score (nSPS) is 9.77. The van der Waals surface area contributed by atoms with Gasteiger partial charge in [0.25, 0.3) is 0 Å². The molecule has 0 aliphatic heterocycles. The predicted molar refractivity (Wildman–Crippen MR) is 52.9 cm³/mol. The average Bonchev–Trinajstić information content (AvgIpc) is 2.08. The number of nitrogens with zero attached hydrogens (tertiary/aromatic N) is 2. The summed E-state index contributed by atoms with van der Waals surface area (Å²) in [6, 6.07) is 1.44. The lowest BCUT2D eigenvalue weighted by molar-refractivity contribution is -0.384. The number of hydrogen-bond acceptors (Lipinski definition) is 4. The molecule has 0 fully saturated rings. The molecule has 0 atom stereocenters. The van der Waals surface area contributed by atoms with Crippen molar-refractivity contribution in [2.75, 3.05) is 12.4 Å². The molecule has 70 valence electrons. The Morgan fingerprint density at radius 3 is 2.77 bits per heavy atom. The monoisotopic (exact) mass is 245 g/mol. The maximum atomic E-state index is 10.5. The van der Waals surface area contributed by atoms with Crippen molar-refractivity contribution in [3.63, 3.8) is 0 Å². The second-order valence-electron chi connectivity index (χ2n) is 2.43. The van der Waals surface area contributed by atoms with Crippen molar-refractivity contribution in [3.05, 3.63) is 26.3 Å². The number of aryl methyl sites for hydroxylation is 1. The van der Waals surface area contributed by atoms with Gasteiger partial charge in [0.2, 0.25) is 5.82 Å². The zero-order valence-corrected chi connectivity index (χ0v) is 8.75. The summed E-state index contributed by atoms with van der Waals surface area (Å²) in [6.07, 6.45) is 0. The Bertz CT molecular complexity index is 354. The molecule has 0 aromatic carbocycles. The first-order chi connectivity index (χ1) is 6.06. The summed E-state index contributed by atoms with van der Waals surface area (Å²) in [5.41, 5.74) is 0.690. The first kappa shape index (κ1) is 9.91. The van der Waals surface area contributed by atoms with Gasteiger partial charge in [-0.15, -0.1) is 0 Å². The van der Waals surface area contributed by atoms with Crippen LogP contribution in [0.25, 0.3) is 0 Å². The number of pyridine rings is 1. The predicted octanol–water partition coefficient (Wildman–Crippen LogP) is 2.10. The second kappa shape index (κ2) is 3.69. The zero-order valence-electron chi connectivity index (χ0n) is 7.17. The number of anilines is 1. The third kappa shape index (κ3) is 1.95. The van der Waals surface area contributed by atoms with Crippen LogP contribution < -0.4 is 5.32 Å². The number of nitro groups is 1. The summed E-state index contributed by atoms with van der Waals surface area (Å²) in [6.45, 7) is 1.77. The number of rotatable bonds is 2. The molecule has 1 N–H and O–H groups in total. The highest BCUT2D eigenvalue weighted by Gasteiger charge is 2.16. The van der Waals surface area contributed by atoms with Gasteiger partial charge in [0.1, 0.15) is 0 Å². The highest BCUT2D eigenvalue weighted by atomic mass is 79.9. The minimum atomic E-state index is -0.469. The third-order valence-corrected chi connectivity index (χ3v) is 2.37. The maximum absolute atomic E-state index is 10.5. The molecule has 6 heteroatoms. The second-order valence-corrected chi connectivity index (χ2v) is 3.28. The average molecular weight is 246 g/mol. The maximum Gasteiger partial charge on any atom is 0.312 e. The van der Waals surface area contributed by atoms with Gasteiger partial charge in [-0.05, 0) is 22.9 Å². The van der Waals surface area contributed by atoms with E-state index < -0.39 is 4.92 Å². The SMILES string of the molecule is CNc1nc(C)c(Br)cc1[N+](=O)[O-]. The van der Waals surface area contributed by atoms with Gasteiger partial charge in [0, 0.05) is 17.6 Å². The summed E-state index contributed by atoms with van der Waals surface area (Å²) in [7, 11) is 1.60. The Labute approximate surface area is 83.5 Å². The van der Waals surface area contributed by atoms with Crippen LogP contribution in [-0.4, -0.2) is 17.0 Å². The minimum absolute atomic E-state index is 0.0278. The fourth-order valence-corrected chi connectivity index (χ4v) is 1.20. The number of aromatic nitrogens is 1. The van der Waals surface area contributed by atoms with E-state index in [1.54, 1.807) is 14.0 Å². The lowest BCUT2D eigenvalue weighted by Crippen LogP contribution is -2.00. The van der Waals surface area contributed by atoms with Crippen LogP contribution in [0, 0.1) is 17.0 Å². The molecule has 0 radical (unpaired) electrons. The molecule has 1 aromatic heterocycles. The van der Waals surface area contributed by atoms with Crippen LogP contribution in [0.15, 0.2) is 10.5 Å². The Kier molecular flexibility index (Phi) is 2.82. The van der Waals surface area contributed by atoms with E-state index in [1.807, 2.05) is 0 Å². The van der Waals surface area contributed by atoms with Crippen molar-refractivity contribution < 1.29 is 4.92 Å². The molecular formula is C7H8BrN3O2. The molecule has 0 saturated heterocycles. The van der Waals surface area contributed by atoms with Gasteiger partial charge in [-0.25, -0.2) is 4.98 Å². The molecule has 0 amide bonds. The van der Waals surface area contributed by atoms with Crippen LogP contribution >= 0.6 is 15.9 Å². The standard InChI is InChI=1S/C7H8BrN3O2/c1-4-5(8)3-6(11(12)13)7(9-2)10-4/h3H,1-2H3,(H,9,10). The third-order valence-electron chi connectivity index (χ3n) is 1.56. The topological polar surface area (TPSA) is 68.1 Å². The summed E-state index contributed by atoms with van der Waals surface area (Å²) >= 11 is 3.18. The number of nitrogens with one attached hydrogen (secondary N) is 1. The van der Waals surface area contributed by atoms with Crippen LogP contribution in [0.5, 0.6) is 0 Å². The summed E-state index contributed by atoms with van der Waals surface area (Å²) in [5.74, 6) is 0.283. The van der Waals surface area contributed by atoms with E-state index in [9.17, 15) is 10.1 Å². The van der Waals surface area contributed by atoms with E-state index in [2.05, 4.69) is 26.2 Å². The summed E-state index contributed by atoms with van der Waals surface area (Å²) in [4.78, 5) is 14.1. The van der Waals surface area contributed by atoms with Crippen molar-refractivity contribution >= 4 is 27.4 Å². The van der Waals surface area contributed by atoms with E-state index in [1.165, 1.54) is 6.07 Å². The van der Waals surface area contributed by atoms with E-state index in [4.69, 9.17) is 0 Å². The molecule has 0 unspecified atom stereocenters. The molecule has 0 spiro atoms. The molecule has 13 heavy (non-hydrogen) atoms. The van der Waals surface area contributed by atoms with E-state index in [-0.39, 0.29) is 11.5 Å². The number of halogens is 1. The lowest BCUT2D eigenvalue weighted by atomic mass is 10.3. The first-order valence-corrected chi connectivity index (χ1v) is 4.35. The van der Waals surface area contributed by atoms with E-state index in [0.29, 0.717) is 4.47 Å². The number of hydrogen-bond donors (Lipinski definition) is 1. The van der Waals surface area contributed by atoms with Gasteiger partial charge < -0.3 is 5.32 Å². The molecule has 1 aromatic rings. The molecule has 0 saturated carbocycles. The quantitative estimate of drug-likeness (QED) is 0.640. The van der Waals surface area contributed by atoms with Crippen LogP contribution in [0.2, 0.25) is 0 Å². The van der Waals surface area contributed by atoms with Gasteiger partial charge in [-0.3, -0.25) is 10.1 Å². The van der Waals surface area contributed by atoms with Crippen molar-refractivity contribution in [2.24, 2.45) is 0 Å². The molecule has 0 aliphatic rings. The molecule has 0 bridgehead atoms. The zero-order chi connectivity index (χ0) is 10.0. The highest BCUT2D eigenvalue weighted by molar-refractivity contribution is 9.10. The van der Waals surface area contributed by atoms with Crippen molar-refractivity contribution in [3.8, 4) is 0 Å². The Morgan fingerprint density at radius 2 is 2.31 bits per heavy atom. The van der Waals surface area contributed by atoms with Gasteiger partial charge in [-0.1, -0.05) is 0 Å². The fourth-order valence-electron chi connectivity index (χ4n) is 0.894. The summed E-state index contributed by atoms with van der Waals surface area (Å²) < 4.78 is 0.637. The van der Waals surface area contributed by atoms with Crippen LogP contribution in [-0.2, 0) is 0 Å². The van der Waals surface area contributed by atoms with Gasteiger partial charge in [-0.2, -0.15) is 0 Å². The van der Waals surface area contributed by atoms with Crippen LogP contribution in [0.3, 0.4) is 0 Å². The molecule has 5 nitrogen and oxygen atoms in total. The van der Waals surface area contributed by atoms with Gasteiger partial charge in [0.05, 0.1) is 10.6 Å². The van der Waals surface area contributed by atoms with E-state index in [0.717, 1.165) is 5.69 Å². The summed E-state index contributed by atoms with van der Waals surface area (Å²) in [5, 5.41) is 13.2. The first-order valence-electron chi connectivity index (χ1n) is 3.55. The Hall–Kier alpha value is -1.17. The van der Waals surface area contributed by atoms with Crippen molar-refractivity contribution in [2.45, 2.75) is 6.92 Å². The molecule has 1 rings (SSSR count). The smallest absolute Gasteiger partial charge is 0.312 e. The minimum Gasteiger partial charge on any atom is -0.367 e. The lowest BCUT2D eigenvalue weighted by Gasteiger charge is -2.03. The molecular weight excluding hydrogens is 238 g/mol.